The maximum Gasteiger partial charge on any atom is 0.227 e. The molecule has 0 aliphatic carbocycles. The Kier molecular flexibility index (Phi) is 7.40. The molecule has 1 heterocycles. The summed E-state index contributed by atoms with van der Waals surface area (Å²) in [6.45, 7) is 3.65. The van der Waals surface area contributed by atoms with Gasteiger partial charge in [-0.3, -0.25) is 9.59 Å². The molecule has 4 rings (SSSR count). The molecule has 1 atom stereocenters. The van der Waals surface area contributed by atoms with Crippen molar-refractivity contribution >= 4 is 17.5 Å². The van der Waals surface area contributed by atoms with Crippen LogP contribution in [0.1, 0.15) is 36.8 Å². The lowest BCUT2D eigenvalue weighted by Crippen LogP contribution is -2.32. The van der Waals surface area contributed by atoms with Gasteiger partial charge >= 0.3 is 0 Å². The number of amides is 2. The summed E-state index contributed by atoms with van der Waals surface area (Å²) in [7, 11) is 0. The van der Waals surface area contributed by atoms with Gasteiger partial charge in [0.05, 0.1) is 6.61 Å². The van der Waals surface area contributed by atoms with Crippen LogP contribution in [-0.4, -0.2) is 31.5 Å². The van der Waals surface area contributed by atoms with Gasteiger partial charge in [-0.2, -0.15) is 0 Å². The molecule has 1 aliphatic heterocycles. The maximum atomic E-state index is 12.9. The molecule has 3 aromatic carbocycles. The smallest absolute Gasteiger partial charge is 0.227 e. The van der Waals surface area contributed by atoms with Crippen LogP contribution < -0.4 is 15.0 Å². The number of anilines is 1. The van der Waals surface area contributed by atoms with Gasteiger partial charge in [0.15, 0.2) is 0 Å². The number of hydrogen-bond donors (Lipinski definition) is 1. The Bertz CT molecular complexity index is 1010. The van der Waals surface area contributed by atoms with Crippen LogP contribution in [0.2, 0.25) is 0 Å². The van der Waals surface area contributed by atoms with Gasteiger partial charge in [-0.05, 0) is 42.3 Å². The molecule has 5 nitrogen and oxygen atoms in total. The van der Waals surface area contributed by atoms with Crippen LogP contribution >= 0.6 is 0 Å². The fraction of sp³-hybridized carbons (Fsp3) is 0.286. The van der Waals surface area contributed by atoms with Crippen molar-refractivity contribution in [2.75, 3.05) is 24.6 Å². The highest BCUT2D eigenvalue weighted by Crippen LogP contribution is 2.29. The van der Waals surface area contributed by atoms with E-state index in [2.05, 4.69) is 29.6 Å². The minimum absolute atomic E-state index is 0.000303. The molecule has 5 heteroatoms. The fourth-order valence-corrected chi connectivity index (χ4v) is 4.37. The zero-order valence-electron chi connectivity index (χ0n) is 18.9. The summed E-state index contributed by atoms with van der Waals surface area (Å²) in [5.74, 6) is 0.977. The van der Waals surface area contributed by atoms with Gasteiger partial charge < -0.3 is 15.0 Å². The third-order valence-corrected chi connectivity index (χ3v) is 6.05. The highest BCUT2D eigenvalue weighted by molar-refractivity contribution is 5.95. The number of nitrogens with one attached hydrogen (secondary N) is 1. The number of benzene rings is 3. The Hall–Kier alpha value is -3.60. The van der Waals surface area contributed by atoms with E-state index in [0.29, 0.717) is 32.5 Å². The van der Waals surface area contributed by atoms with E-state index in [-0.39, 0.29) is 23.7 Å². The zero-order chi connectivity index (χ0) is 23.0. The van der Waals surface area contributed by atoms with Crippen molar-refractivity contribution < 1.29 is 14.3 Å². The van der Waals surface area contributed by atoms with E-state index < -0.39 is 0 Å². The zero-order valence-corrected chi connectivity index (χ0v) is 18.9. The predicted molar refractivity (Wildman–Crippen MR) is 130 cm³/mol. The van der Waals surface area contributed by atoms with E-state index in [4.69, 9.17) is 4.74 Å². The van der Waals surface area contributed by atoms with Gasteiger partial charge in [0.1, 0.15) is 5.75 Å². The van der Waals surface area contributed by atoms with Gasteiger partial charge in [0.25, 0.3) is 0 Å². The maximum absolute atomic E-state index is 12.9. The molecule has 2 amide bonds. The second-order valence-corrected chi connectivity index (χ2v) is 8.38. The topological polar surface area (TPSA) is 58.6 Å². The van der Waals surface area contributed by atoms with Crippen molar-refractivity contribution in [1.29, 1.82) is 0 Å². The minimum atomic E-state index is -0.00189. The monoisotopic (exact) mass is 442 g/mol. The minimum Gasteiger partial charge on any atom is -0.494 e. The summed E-state index contributed by atoms with van der Waals surface area (Å²) >= 11 is 0. The first-order chi connectivity index (χ1) is 16.1. The van der Waals surface area contributed by atoms with Gasteiger partial charge in [0.2, 0.25) is 11.8 Å². The van der Waals surface area contributed by atoms with E-state index in [9.17, 15) is 9.59 Å². The Morgan fingerprint density at radius 3 is 2.15 bits per heavy atom. The Morgan fingerprint density at radius 1 is 0.970 bits per heavy atom. The summed E-state index contributed by atoms with van der Waals surface area (Å²) < 4.78 is 5.48. The standard InChI is InChI=1S/C28H30N2O3/c1-2-33-25-15-13-24(14-16-25)30-20-21(17-28(30)32)19-29-27(31)18-26(22-9-5-3-6-10-22)23-11-7-4-8-12-23/h3-16,21,26H,2,17-20H2,1H3,(H,29,31). The number of ether oxygens (including phenoxy) is 1. The van der Waals surface area contributed by atoms with Crippen molar-refractivity contribution in [3.05, 3.63) is 96.1 Å². The highest BCUT2D eigenvalue weighted by atomic mass is 16.5. The molecule has 1 aliphatic rings. The summed E-state index contributed by atoms with van der Waals surface area (Å²) in [6, 6.07) is 27.8. The molecule has 0 radical (unpaired) electrons. The van der Waals surface area contributed by atoms with Crippen molar-refractivity contribution in [2.45, 2.75) is 25.7 Å². The number of rotatable bonds is 9. The second kappa shape index (κ2) is 10.8. The lowest BCUT2D eigenvalue weighted by atomic mass is 9.88. The number of hydrogen-bond acceptors (Lipinski definition) is 3. The molecule has 0 spiro atoms. The first kappa shape index (κ1) is 22.6. The highest BCUT2D eigenvalue weighted by Gasteiger charge is 2.31. The SMILES string of the molecule is CCOc1ccc(N2CC(CNC(=O)CC(c3ccccc3)c3ccccc3)CC2=O)cc1. The summed E-state index contributed by atoms with van der Waals surface area (Å²) in [6.07, 6.45) is 0.811. The van der Waals surface area contributed by atoms with E-state index in [1.807, 2.05) is 67.6 Å². The van der Waals surface area contributed by atoms with Crippen LogP contribution in [-0.2, 0) is 9.59 Å². The van der Waals surface area contributed by atoms with Crippen molar-refractivity contribution in [2.24, 2.45) is 5.92 Å². The van der Waals surface area contributed by atoms with Crippen LogP contribution in [0.25, 0.3) is 0 Å². The van der Waals surface area contributed by atoms with Crippen LogP contribution in [0.4, 0.5) is 5.69 Å². The first-order valence-corrected chi connectivity index (χ1v) is 11.5. The Labute approximate surface area is 195 Å². The molecule has 33 heavy (non-hydrogen) atoms. The number of carbonyl (C=O) groups excluding carboxylic acids is 2. The quantitative estimate of drug-likeness (QED) is 0.519. The lowest BCUT2D eigenvalue weighted by molar-refractivity contribution is -0.122. The predicted octanol–water partition coefficient (Wildman–Crippen LogP) is 4.78. The molecule has 0 aromatic heterocycles. The average Bonchev–Trinajstić information content (AvgIpc) is 3.23. The van der Waals surface area contributed by atoms with E-state index in [1.165, 1.54) is 0 Å². The third kappa shape index (κ3) is 5.80. The third-order valence-electron chi connectivity index (χ3n) is 6.05. The van der Waals surface area contributed by atoms with Crippen molar-refractivity contribution in [1.82, 2.24) is 5.32 Å². The summed E-state index contributed by atoms with van der Waals surface area (Å²) in [5, 5.41) is 3.08. The second-order valence-electron chi connectivity index (χ2n) is 8.38. The molecule has 0 saturated carbocycles. The molecule has 1 fully saturated rings. The number of nitrogens with zero attached hydrogens (tertiary/aromatic N) is 1. The fourth-order valence-electron chi connectivity index (χ4n) is 4.37. The van der Waals surface area contributed by atoms with Crippen LogP contribution in [0.3, 0.4) is 0 Å². The molecule has 0 bridgehead atoms. The van der Waals surface area contributed by atoms with E-state index in [0.717, 1.165) is 22.6 Å². The molecule has 3 aromatic rings. The van der Waals surface area contributed by atoms with Crippen LogP contribution in [0.5, 0.6) is 5.75 Å². The summed E-state index contributed by atoms with van der Waals surface area (Å²) in [5.41, 5.74) is 3.11. The van der Waals surface area contributed by atoms with Gasteiger partial charge in [-0.1, -0.05) is 60.7 Å². The van der Waals surface area contributed by atoms with E-state index >= 15 is 0 Å². The normalized spacial score (nSPS) is 15.6. The Morgan fingerprint density at radius 2 is 1.58 bits per heavy atom. The Balaban J connectivity index is 1.35. The first-order valence-electron chi connectivity index (χ1n) is 11.5. The molecule has 170 valence electrons. The van der Waals surface area contributed by atoms with Gasteiger partial charge in [0, 0.05) is 43.5 Å². The van der Waals surface area contributed by atoms with Gasteiger partial charge in [-0.15, -0.1) is 0 Å². The molecular formula is C28H30N2O3. The van der Waals surface area contributed by atoms with E-state index in [1.54, 1.807) is 4.90 Å². The van der Waals surface area contributed by atoms with Crippen molar-refractivity contribution in [3.8, 4) is 5.75 Å². The van der Waals surface area contributed by atoms with Crippen LogP contribution in [0, 0.1) is 5.92 Å². The van der Waals surface area contributed by atoms with Gasteiger partial charge in [-0.25, -0.2) is 0 Å². The largest absolute Gasteiger partial charge is 0.494 e. The lowest BCUT2D eigenvalue weighted by Gasteiger charge is -2.19. The molecule has 1 unspecified atom stereocenters. The average molecular weight is 443 g/mol. The summed E-state index contributed by atoms with van der Waals surface area (Å²) in [4.78, 5) is 27.2. The van der Waals surface area contributed by atoms with Crippen molar-refractivity contribution in [3.63, 3.8) is 0 Å². The molecule has 1 saturated heterocycles. The molecule has 1 N–H and O–H groups in total. The molecular weight excluding hydrogens is 412 g/mol. The number of carbonyl (C=O) groups is 2. The van der Waals surface area contributed by atoms with Crippen LogP contribution in [0.15, 0.2) is 84.9 Å².